The highest BCUT2D eigenvalue weighted by molar-refractivity contribution is 5.53. The second kappa shape index (κ2) is 8.86. The summed E-state index contributed by atoms with van der Waals surface area (Å²) in [7, 11) is 4.97. The van der Waals surface area contributed by atoms with Crippen molar-refractivity contribution in [1.82, 2.24) is 14.9 Å². The highest BCUT2D eigenvalue weighted by Gasteiger charge is 2.38. The van der Waals surface area contributed by atoms with Gasteiger partial charge in [-0.05, 0) is 49.1 Å². The van der Waals surface area contributed by atoms with Crippen LogP contribution in [0.4, 0.5) is 5.95 Å². The Morgan fingerprint density at radius 1 is 0.966 bits per heavy atom. The normalized spacial score (nSPS) is 22.1. The van der Waals surface area contributed by atoms with Crippen LogP contribution < -0.4 is 19.1 Å². The average Bonchev–Trinajstić information content (AvgIpc) is 3.11. The van der Waals surface area contributed by atoms with E-state index >= 15 is 0 Å². The second-order valence-corrected chi connectivity index (χ2v) is 7.78. The van der Waals surface area contributed by atoms with E-state index in [1.165, 1.54) is 24.8 Å². The molecule has 0 N–H and O–H groups in total. The number of nitrogens with zero attached hydrogens (tertiary/aromatic N) is 4. The minimum Gasteiger partial charge on any atom is -0.493 e. The van der Waals surface area contributed by atoms with Crippen LogP contribution in [0.2, 0.25) is 0 Å². The summed E-state index contributed by atoms with van der Waals surface area (Å²) in [6, 6.07) is 6.50. The number of hydrogen-bond acceptors (Lipinski definition) is 7. The maximum absolute atomic E-state index is 5.55. The summed E-state index contributed by atoms with van der Waals surface area (Å²) in [5.74, 6) is 3.54. The molecule has 0 unspecified atom stereocenters. The first-order chi connectivity index (χ1) is 14.2. The van der Waals surface area contributed by atoms with Crippen molar-refractivity contribution in [1.29, 1.82) is 0 Å². The number of anilines is 1. The Morgan fingerprint density at radius 3 is 2.34 bits per heavy atom. The molecule has 1 aromatic heterocycles. The lowest BCUT2D eigenvalue weighted by molar-refractivity contribution is 0.178. The average molecular weight is 399 g/mol. The summed E-state index contributed by atoms with van der Waals surface area (Å²) in [4.78, 5) is 13.9. The van der Waals surface area contributed by atoms with Gasteiger partial charge in [-0.3, -0.25) is 4.90 Å². The predicted molar refractivity (Wildman–Crippen MR) is 112 cm³/mol. The third kappa shape index (κ3) is 4.10. The lowest BCUT2D eigenvalue weighted by atomic mass is 9.98. The van der Waals surface area contributed by atoms with Crippen molar-refractivity contribution in [2.24, 2.45) is 5.92 Å². The van der Waals surface area contributed by atoms with E-state index in [-0.39, 0.29) is 0 Å². The standard InChI is InChI=1S/C22H30N4O3/c1-27-19-11-16(12-20(28-2)21(19)29-3)13-25-10-5-4-7-17-14-26(15-18(17)25)22-23-8-6-9-24-22/h6,8-9,11-12,17-18H,4-5,7,10,13-15H2,1-3H3/t17-,18+/m0/s1. The fourth-order valence-electron chi connectivity index (χ4n) is 4.71. The number of methoxy groups -OCH3 is 3. The minimum absolute atomic E-state index is 0.500. The van der Waals surface area contributed by atoms with Crippen molar-refractivity contribution in [3.8, 4) is 17.2 Å². The van der Waals surface area contributed by atoms with Gasteiger partial charge in [-0.15, -0.1) is 0 Å². The molecule has 2 atom stereocenters. The van der Waals surface area contributed by atoms with Crippen molar-refractivity contribution in [2.45, 2.75) is 31.8 Å². The van der Waals surface area contributed by atoms with Gasteiger partial charge >= 0.3 is 0 Å². The zero-order valence-corrected chi connectivity index (χ0v) is 17.5. The van der Waals surface area contributed by atoms with Gasteiger partial charge in [-0.25, -0.2) is 9.97 Å². The SMILES string of the molecule is COc1cc(CN2CCCC[C@H]3CN(c4ncccn4)C[C@H]32)cc(OC)c1OC. The van der Waals surface area contributed by atoms with Gasteiger partial charge in [0.25, 0.3) is 0 Å². The summed E-state index contributed by atoms with van der Waals surface area (Å²) >= 11 is 0. The number of hydrogen-bond donors (Lipinski definition) is 0. The second-order valence-electron chi connectivity index (χ2n) is 7.78. The summed E-state index contributed by atoms with van der Waals surface area (Å²) in [6.45, 7) is 3.96. The van der Waals surface area contributed by atoms with Crippen molar-refractivity contribution < 1.29 is 14.2 Å². The van der Waals surface area contributed by atoms with Crippen molar-refractivity contribution in [3.63, 3.8) is 0 Å². The van der Waals surface area contributed by atoms with E-state index in [2.05, 4.69) is 31.9 Å². The van der Waals surface area contributed by atoms with Crippen molar-refractivity contribution in [3.05, 3.63) is 36.2 Å². The maximum Gasteiger partial charge on any atom is 0.225 e. The van der Waals surface area contributed by atoms with Crippen LogP contribution in [0.1, 0.15) is 24.8 Å². The Hall–Kier alpha value is -2.54. The van der Waals surface area contributed by atoms with Crippen LogP contribution in [-0.4, -0.2) is 61.9 Å². The lowest BCUT2D eigenvalue weighted by Crippen LogP contribution is -2.40. The summed E-state index contributed by atoms with van der Waals surface area (Å²) in [5.41, 5.74) is 1.18. The smallest absolute Gasteiger partial charge is 0.225 e. The molecule has 0 spiro atoms. The molecule has 156 valence electrons. The maximum atomic E-state index is 5.55. The zero-order chi connectivity index (χ0) is 20.2. The molecule has 7 nitrogen and oxygen atoms in total. The van der Waals surface area contributed by atoms with Crippen LogP contribution in [-0.2, 0) is 6.54 Å². The Labute approximate surface area is 172 Å². The van der Waals surface area contributed by atoms with E-state index < -0.39 is 0 Å². The number of rotatable bonds is 6. The summed E-state index contributed by atoms with van der Waals surface area (Å²) < 4.78 is 16.6. The molecule has 0 bridgehead atoms. The third-order valence-electron chi connectivity index (χ3n) is 6.09. The molecule has 2 aromatic rings. The van der Waals surface area contributed by atoms with E-state index in [0.717, 1.165) is 32.1 Å². The first kappa shape index (κ1) is 19.8. The molecule has 1 aromatic carbocycles. The Bertz CT molecular complexity index is 792. The summed E-state index contributed by atoms with van der Waals surface area (Å²) in [6.07, 6.45) is 7.42. The van der Waals surface area contributed by atoms with E-state index in [4.69, 9.17) is 14.2 Å². The Kier molecular flexibility index (Phi) is 6.04. The van der Waals surface area contributed by atoms with Gasteiger partial charge in [0.05, 0.1) is 21.3 Å². The Balaban J connectivity index is 1.56. The fourth-order valence-corrected chi connectivity index (χ4v) is 4.71. The molecule has 0 amide bonds. The van der Waals surface area contributed by atoms with Crippen LogP contribution in [0.5, 0.6) is 17.2 Å². The van der Waals surface area contributed by atoms with Crippen molar-refractivity contribution >= 4 is 5.95 Å². The quantitative estimate of drug-likeness (QED) is 0.741. The van der Waals surface area contributed by atoms with Crippen LogP contribution in [0, 0.1) is 5.92 Å². The number of fused-ring (bicyclic) bond motifs is 1. The monoisotopic (exact) mass is 398 g/mol. The molecule has 2 saturated heterocycles. The van der Waals surface area contributed by atoms with E-state index in [9.17, 15) is 0 Å². The van der Waals surface area contributed by atoms with E-state index in [1.807, 2.05) is 18.5 Å². The predicted octanol–water partition coefficient (Wildman–Crippen LogP) is 2.99. The van der Waals surface area contributed by atoms with Gasteiger partial charge in [-0.1, -0.05) is 6.42 Å². The molecule has 29 heavy (non-hydrogen) atoms. The van der Waals surface area contributed by atoms with Gasteiger partial charge in [-0.2, -0.15) is 0 Å². The highest BCUT2D eigenvalue weighted by atomic mass is 16.5. The molecule has 0 saturated carbocycles. The topological polar surface area (TPSA) is 60.0 Å². The van der Waals surface area contributed by atoms with Gasteiger partial charge in [0.1, 0.15) is 0 Å². The molecule has 7 heteroatoms. The fraction of sp³-hybridized carbons (Fsp3) is 0.545. The van der Waals surface area contributed by atoms with Crippen LogP contribution in [0.3, 0.4) is 0 Å². The first-order valence-corrected chi connectivity index (χ1v) is 10.3. The number of benzene rings is 1. The van der Waals surface area contributed by atoms with Gasteiger partial charge in [0, 0.05) is 38.1 Å². The summed E-state index contributed by atoms with van der Waals surface area (Å²) in [5, 5.41) is 0. The molecule has 2 aliphatic heterocycles. The van der Waals surface area contributed by atoms with Crippen LogP contribution in [0.25, 0.3) is 0 Å². The zero-order valence-electron chi connectivity index (χ0n) is 17.5. The van der Waals surface area contributed by atoms with Gasteiger partial charge < -0.3 is 19.1 Å². The lowest BCUT2D eigenvalue weighted by Gasteiger charge is -2.30. The Morgan fingerprint density at radius 2 is 1.69 bits per heavy atom. The number of ether oxygens (including phenoxy) is 3. The van der Waals surface area contributed by atoms with Crippen molar-refractivity contribution in [2.75, 3.05) is 45.9 Å². The minimum atomic E-state index is 0.500. The molecule has 2 aliphatic rings. The third-order valence-corrected chi connectivity index (χ3v) is 6.09. The molecular formula is C22H30N4O3. The van der Waals surface area contributed by atoms with E-state index in [0.29, 0.717) is 29.2 Å². The molecular weight excluding hydrogens is 368 g/mol. The largest absolute Gasteiger partial charge is 0.493 e. The highest BCUT2D eigenvalue weighted by Crippen LogP contribution is 2.39. The van der Waals surface area contributed by atoms with Gasteiger partial charge in [0.15, 0.2) is 11.5 Å². The van der Waals surface area contributed by atoms with E-state index in [1.54, 1.807) is 21.3 Å². The number of likely N-dealkylation sites (tertiary alicyclic amines) is 1. The molecule has 2 fully saturated rings. The first-order valence-electron chi connectivity index (χ1n) is 10.3. The number of aromatic nitrogens is 2. The van der Waals surface area contributed by atoms with Crippen LogP contribution in [0.15, 0.2) is 30.6 Å². The van der Waals surface area contributed by atoms with Crippen LogP contribution >= 0.6 is 0 Å². The van der Waals surface area contributed by atoms with Gasteiger partial charge in [0.2, 0.25) is 11.7 Å². The molecule has 4 rings (SSSR count). The molecule has 0 aliphatic carbocycles. The molecule has 0 radical (unpaired) electrons. The molecule has 3 heterocycles.